The zero-order chi connectivity index (χ0) is 19.3. The topological polar surface area (TPSA) is 66.7 Å². The molecule has 0 unspecified atom stereocenters. The monoisotopic (exact) mass is 375 g/mol. The third kappa shape index (κ3) is 3.81. The summed E-state index contributed by atoms with van der Waals surface area (Å²) in [5.74, 6) is -0.347. The molecule has 0 bridgehead atoms. The third-order valence-electron chi connectivity index (χ3n) is 4.89. The predicted octanol–water partition coefficient (Wildman–Crippen LogP) is 3.26. The number of furan rings is 1. The van der Waals surface area contributed by atoms with Crippen LogP contribution in [0.3, 0.4) is 0 Å². The lowest BCUT2D eigenvalue weighted by atomic mass is 10.1. The zero-order valence-electron chi connectivity index (χ0n) is 15.4. The molecule has 0 N–H and O–H groups in total. The molecule has 1 fully saturated rings. The normalized spacial score (nSPS) is 16.4. The fraction of sp³-hybridized carbons (Fsp3) is 0.227. The van der Waals surface area contributed by atoms with E-state index in [9.17, 15) is 9.59 Å². The van der Waals surface area contributed by atoms with Gasteiger partial charge in [-0.2, -0.15) is 0 Å². The summed E-state index contributed by atoms with van der Waals surface area (Å²) in [5, 5.41) is 0. The molecule has 0 saturated carbocycles. The highest BCUT2D eigenvalue weighted by Crippen LogP contribution is 2.27. The Morgan fingerprint density at radius 3 is 2.61 bits per heavy atom. The second-order valence-corrected chi connectivity index (χ2v) is 6.76. The smallest absolute Gasteiger partial charge is 0.239 e. The van der Waals surface area contributed by atoms with E-state index in [1.165, 1.54) is 0 Å². The van der Waals surface area contributed by atoms with Gasteiger partial charge in [0.15, 0.2) is 0 Å². The summed E-state index contributed by atoms with van der Waals surface area (Å²) in [6.45, 7) is 1.17. The van der Waals surface area contributed by atoms with Crippen LogP contribution in [0.25, 0.3) is 0 Å². The van der Waals surface area contributed by atoms with E-state index in [-0.39, 0.29) is 11.8 Å². The van der Waals surface area contributed by atoms with Crippen LogP contribution in [-0.4, -0.2) is 28.2 Å². The Hall–Kier alpha value is -3.41. The first-order chi connectivity index (χ1) is 13.7. The highest BCUT2D eigenvalue weighted by Gasteiger charge is 2.39. The maximum atomic E-state index is 13.3. The van der Waals surface area contributed by atoms with Crippen LogP contribution in [0, 0.1) is 5.92 Å². The molecule has 4 rings (SSSR count). The molecular formula is C22H21N3O3. The average Bonchev–Trinajstić information content (AvgIpc) is 3.38. The van der Waals surface area contributed by atoms with E-state index in [4.69, 9.17) is 4.42 Å². The van der Waals surface area contributed by atoms with Gasteiger partial charge in [0.05, 0.1) is 25.0 Å². The minimum atomic E-state index is -0.682. The first-order valence-corrected chi connectivity index (χ1v) is 9.30. The second-order valence-electron chi connectivity index (χ2n) is 6.76. The Morgan fingerprint density at radius 1 is 1.07 bits per heavy atom. The highest BCUT2D eigenvalue weighted by atomic mass is 16.3. The van der Waals surface area contributed by atoms with Gasteiger partial charge in [-0.3, -0.25) is 14.6 Å². The van der Waals surface area contributed by atoms with Crippen LogP contribution in [0.15, 0.2) is 77.5 Å². The lowest BCUT2D eigenvalue weighted by molar-refractivity contribution is -0.141. The molecule has 3 heterocycles. The van der Waals surface area contributed by atoms with Gasteiger partial charge in [-0.25, -0.2) is 0 Å². The molecule has 1 saturated heterocycles. The third-order valence-corrected chi connectivity index (χ3v) is 4.89. The molecule has 142 valence electrons. The Morgan fingerprint density at radius 2 is 1.89 bits per heavy atom. The summed E-state index contributed by atoms with van der Waals surface area (Å²) < 4.78 is 5.42. The number of pyridine rings is 1. The lowest BCUT2D eigenvalue weighted by Gasteiger charge is -2.24. The molecule has 1 aromatic carbocycles. The quantitative estimate of drug-likeness (QED) is 0.620. The van der Waals surface area contributed by atoms with E-state index in [1.54, 1.807) is 28.3 Å². The molecule has 2 aromatic heterocycles. The minimum absolute atomic E-state index is 0.151. The number of hydrogen-bond acceptors (Lipinski definition) is 4. The first-order valence-electron chi connectivity index (χ1n) is 9.30. The van der Waals surface area contributed by atoms with Gasteiger partial charge in [0.1, 0.15) is 11.7 Å². The molecule has 0 aliphatic carbocycles. The molecule has 1 aliphatic rings. The Kier molecular flexibility index (Phi) is 5.19. The molecule has 6 heteroatoms. The van der Waals surface area contributed by atoms with Crippen LogP contribution in [0.2, 0.25) is 0 Å². The zero-order valence-corrected chi connectivity index (χ0v) is 15.4. The number of anilines is 1. The number of rotatable bonds is 6. The van der Waals surface area contributed by atoms with E-state index in [2.05, 4.69) is 4.98 Å². The van der Waals surface area contributed by atoms with Crippen molar-refractivity contribution in [3.05, 3.63) is 84.6 Å². The maximum absolute atomic E-state index is 13.3. The van der Waals surface area contributed by atoms with Crippen molar-refractivity contribution in [2.24, 2.45) is 5.92 Å². The van der Waals surface area contributed by atoms with Crippen LogP contribution >= 0.6 is 0 Å². The Labute approximate surface area is 163 Å². The summed E-state index contributed by atoms with van der Waals surface area (Å²) in [5.41, 5.74) is 1.60. The molecule has 1 atom stereocenters. The Bertz CT molecular complexity index is 926. The summed E-state index contributed by atoms with van der Waals surface area (Å²) in [4.78, 5) is 33.9. The van der Waals surface area contributed by atoms with Crippen molar-refractivity contribution in [2.45, 2.75) is 19.5 Å². The van der Waals surface area contributed by atoms with Crippen molar-refractivity contribution in [2.75, 3.05) is 11.4 Å². The highest BCUT2D eigenvalue weighted by molar-refractivity contribution is 6.09. The van der Waals surface area contributed by atoms with Gasteiger partial charge in [-0.15, -0.1) is 0 Å². The summed E-state index contributed by atoms with van der Waals surface area (Å²) in [6, 6.07) is 18.7. The van der Waals surface area contributed by atoms with Gasteiger partial charge in [-0.05, 0) is 42.8 Å². The molecule has 0 spiro atoms. The van der Waals surface area contributed by atoms with Crippen LogP contribution in [-0.2, 0) is 22.7 Å². The lowest BCUT2D eigenvalue weighted by Crippen LogP contribution is -2.39. The number of para-hydroxylation sites is 1. The summed E-state index contributed by atoms with van der Waals surface area (Å²) in [7, 11) is 0. The van der Waals surface area contributed by atoms with Crippen molar-refractivity contribution in [3.63, 3.8) is 0 Å². The van der Waals surface area contributed by atoms with E-state index in [0.29, 0.717) is 31.8 Å². The number of amides is 2. The summed E-state index contributed by atoms with van der Waals surface area (Å²) in [6.07, 6.45) is 3.78. The number of aromatic nitrogens is 1. The molecule has 2 amide bonds. The molecule has 0 radical (unpaired) electrons. The van der Waals surface area contributed by atoms with Gasteiger partial charge in [-0.1, -0.05) is 24.3 Å². The SMILES string of the molecule is O=C([C@@H]1CCN(c2ccccc2)C1=O)N(Cc1ccccn1)Cc1ccco1. The number of benzene rings is 1. The van der Waals surface area contributed by atoms with Gasteiger partial charge in [0.25, 0.3) is 0 Å². The standard InChI is InChI=1S/C22H21N3O3/c26-21(20-11-13-25(22(20)27)18-8-2-1-3-9-18)24(16-19-10-6-14-28-19)15-17-7-4-5-12-23-17/h1-10,12,14,20H,11,13,15-16H2/t20-/m0/s1. The van der Waals surface area contributed by atoms with E-state index >= 15 is 0 Å². The number of carbonyl (C=O) groups is 2. The fourth-order valence-electron chi connectivity index (χ4n) is 3.48. The van der Waals surface area contributed by atoms with Gasteiger partial charge >= 0.3 is 0 Å². The first kappa shape index (κ1) is 18.0. The number of nitrogens with zero attached hydrogens (tertiary/aromatic N) is 3. The van der Waals surface area contributed by atoms with Gasteiger partial charge in [0, 0.05) is 18.4 Å². The molecular weight excluding hydrogens is 354 g/mol. The van der Waals surface area contributed by atoms with Gasteiger partial charge in [0.2, 0.25) is 11.8 Å². The van der Waals surface area contributed by atoms with E-state index in [0.717, 1.165) is 11.4 Å². The van der Waals surface area contributed by atoms with Gasteiger partial charge < -0.3 is 14.2 Å². The van der Waals surface area contributed by atoms with Crippen molar-refractivity contribution < 1.29 is 14.0 Å². The van der Waals surface area contributed by atoms with Crippen LogP contribution in [0.5, 0.6) is 0 Å². The van der Waals surface area contributed by atoms with E-state index in [1.807, 2.05) is 54.6 Å². The van der Waals surface area contributed by atoms with Crippen molar-refractivity contribution >= 4 is 17.5 Å². The molecule has 3 aromatic rings. The average molecular weight is 375 g/mol. The Balaban J connectivity index is 1.54. The van der Waals surface area contributed by atoms with Crippen LogP contribution in [0.1, 0.15) is 17.9 Å². The van der Waals surface area contributed by atoms with Crippen molar-refractivity contribution in [3.8, 4) is 0 Å². The van der Waals surface area contributed by atoms with Crippen molar-refractivity contribution in [1.29, 1.82) is 0 Å². The van der Waals surface area contributed by atoms with Crippen molar-refractivity contribution in [1.82, 2.24) is 9.88 Å². The molecule has 28 heavy (non-hydrogen) atoms. The fourth-order valence-corrected chi connectivity index (χ4v) is 3.48. The minimum Gasteiger partial charge on any atom is -0.467 e. The molecule has 1 aliphatic heterocycles. The maximum Gasteiger partial charge on any atom is 0.239 e. The summed E-state index contributed by atoms with van der Waals surface area (Å²) >= 11 is 0. The predicted molar refractivity (Wildman–Crippen MR) is 104 cm³/mol. The largest absolute Gasteiger partial charge is 0.467 e. The number of carbonyl (C=O) groups excluding carboxylic acids is 2. The molecule has 6 nitrogen and oxygen atoms in total. The van der Waals surface area contributed by atoms with Crippen LogP contribution in [0.4, 0.5) is 5.69 Å². The number of hydrogen-bond donors (Lipinski definition) is 0. The van der Waals surface area contributed by atoms with E-state index < -0.39 is 5.92 Å². The van der Waals surface area contributed by atoms with Crippen LogP contribution < -0.4 is 4.90 Å². The second kappa shape index (κ2) is 8.08.